The smallest absolute Gasteiger partial charge is 0.319 e. The number of hydrogen-bond acceptors (Lipinski definition) is 1. The summed E-state index contributed by atoms with van der Waals surface area (Å²) in [5.41, 5.74) is 1.97. The van der Waals surface area contributed by atoms with Crippen LogP contribution in [0.1, 0.15) is 24.8 Å². The molecule has 1 aromatic rings. The number of rotatable bonds is 5. The molecule has 1 aromatic carbocycles. The third kappa shape index (κ3) is 5.62. The number of nitrogens with one attached hydrogen (secondary N) is 2. The summed E-state index contributed by atoms with van der Waals surface area (Å²) < 4.78 is 0. The molecular weight excluding hydrogens is 212 g/mol. The Kier molecular flexibility index (Phi) is 5.67. The van der Waals surface area contributed by atoms with Gasteiger partial charge in [0.1, 0.15) is 0 Å². The van der Waals surface area contributed by atoms with Crippen molar-refractivity contribution in [1.29, 1.82) is 0 Å². The van der Waals surface area contributed by atoms with Gasteiger partial charge < -0.3 is 10.6 Å². The molecule has 0 aromatic heterocycles. The van der Waals surface area contributed by atoms with E-state index >= 15 is 0 Å². The molecule has 0 aliphatic carbocycles. The molecule has 1 rings (SSSR count). The summed E-state index contributed by atoms with van der Waals surface area (Å²) in [5.74, 6) is 2.57. The predicted octanol–water partition coefficient (Wildman–Crippen LogP) is 2.92. The van der Waals surface area contributed by atoms with E-state index in [0.29, 0.717) is 6.54 Å². The molecule has 0 atom stereocenters. The van der Waals surface area contributed by atoms with Crippen LogP contribution in [-0.4, -0.2) is 12.6 Å². The molecule has 3 nitrogen and oxygen atoms in total. The van der Waals surface area contributed by atoms with Gasteiger partial charge in [0.15, 0.2) is 0 Å². The summed E-state index contributed by atoms with van der Waals surface area (Å²) >= 11 is 0. The van der Waals surface area contributed by atoms with Crippen molar-refractivity contribution in [3.8, 4) is 12.3 Å². The molecule has 0 bridgehead atoms. The van der Waals surface area contributed by atoms with Gasteiger partial charge in [-0.1, -0.05) is 17.7 Å². The van der Waals surface area contributed by atoms with E-state index in [1.165, 1.54) is 5.56 Å². The van der Waals surface area contributed by atoms with Crippen LogP contribution in [0.2, 0.25) is 0 Å². The van der Waals surface area contributed by atoms with Crippen LogP contribution in [0.25, 0.3) is 0 Å². The van der Waals surface area contributed by atoms with Crippen molar-refractivity contribution in [2.75, 3.05) is 11.9 Å². The van der Waals surface area contributed by atoms with Gasteiger partial charge in [0.2, 0.25) is 0 Å². The van der Waals surface area contributed by atoms with Crippen molar-refractivity contribution in [3.63, 3.8) is 0 Å². The Labute approximate surface area is 103 Å². The van der Waals surface area contributed by atoms with Crippen molar-refractivity contribution >= 4 is 11.7 Å². The van der Waals surface area contributed by atoms with Crippen LogP contribution in [0.3, 0.4) is 0 Å². The number of terminal acetylenes is 1. The van der Waals surface area contributed by atoms with E-state index in [2.05, 4.69) is 16.6 Å². The molecule has 2 N–H and O–H groups in total. The van der Waals surface area contributed by atoms with E-state index in [1.807, 2.05) is 31.2 Å². The highest BCUT2D eigenvalue weighted by Gasteiger charge is 1.99. The fraction of sp³-hybridized carbons (Fsp3) is 0.357. The van der Waals surface area contributed by atoms with Gasteiger partial charge in [-0.25, -0.2) is 4.79 Å². The number of benzene rings is 1. The van der Waals surface area contributed by atoms with Crippen LogP contribution >= 0.6 is 0 Å². The maximum Gasteiger partial charge on any atom is 0.319 e. The Morgan fingerprint density at radius 3 is 2.65 bits per heavy atom. The van der Waals surface area contributed by atoms with Crippen LogP contribution in [0.15, 0.2) is 24.3 Å². The maximum absolute atomic E-state index is 11.5. The first-order valence-electron chi connectivity index (χ1n) is 5.77. The molecule has 0 saturated heterocycles. The third-order valence-corrected chi connectivity index (χ3v) is 2.34. The van der Waals surface area contributed by atoms with Gasteiger partial charge in [-0.3, -0.25) is 0 Å². The Morgan fingerprint density at radius 1 is 1.29 bits per heavy atom. The third-order valence-electron chi connectivity index (χ3n) is 2.34. The summed E-state index contributed by atoms with van der Waals surface area (Å²) in [5, 5.41) is 5.56. The number of urea groups is 1. The van der Waals surface area contributed by atoms with Crippen LogP contribution in [0.5, 0.6) is 0 Å². The standard InChI is InChI=1S/C14H18N2O/c1-3-4-5-6-11-15-14(17)16-13-9-7-12(2)8-10-13/h1,7-10H,4-6,11H2,2H3,(H2,15,16,17). The topological polar surface area (TPSA) is 41.1 Å². The Balaban J connectivity index is 2.21. The molecule has 0 radical (unpaired) electrons. The zero-order valence-electron chi connectivity index (χ0n) is 10.1. The minimum Gasteiger partial charge on any atom is -0.338 e. The molecule has 0 spiro atoms. The molecular formula is C14H18N2O. The number of unbranched alkanes of at least 4 members (excludes halogenated alkanes) is 2. The van der Waals surface area contributed by atoms with E-state index in [4.69, 9.17) is 6.42 Å². The fourth-order valence-corrected chi connectivity index (χ4v) is 1.37. The largest absolute Gasteiger partial charge is 0.338 e. The molecule has 0 fully saturated rings. The number of hydrogen-bond donors (Lipinski definition) is 2. The van der Waals surface area contributed by atoms with Gasteiger partial charge >= 0.3 is 6.03 Å². The van der Waals surface area contributed by atoms with Gasteiger partial charge in [0.25, 0.3) is 0 Å². The SMILES string of the molecule is C#CCCCCNC(=O)Nc1ccc(C)cc1. The van der Waals surface area contributed by atoms with E-state index in [1.54, 1.807) is 0 Å². The number of carbonyl (C=O) groups excluding carboxylic acids is 1. The molecule has 0 aliphatic heterocycles. The first-order valence-corrected chi connectivity index (χ1v) is 5.77. The maximum atomic E-state index is 11.5. The van der Waals surface area contributed by atoms with Gasteiger partial charge in [-0.2, -0.15) is 0 Å². The van der Waals surface area contributed by atoms with Gasteiger partial charge in [-0.05, 0) is 31.9 Å². The predicted molar refractivity (Wildman–Crippen MR) is 70.9 cm³/mol. The lowest BCUT2D eigenvalue weighted by molar-refractivity contribution is 0.252. The van der Waals surface area contributed by atoms with Gasteiger partial charge in [0.05, 0.1) is 0 Å². The summed E-state index contributed by atoms with van der Waals surface area (Å²) in [7, 11) is 0. The van der Waals surface area contributed by atoms with Crippen molar-refractivity contribution < 1.29 is 4.79 Å². The summed E-state index contributed by atoms with van der Waals surface area (Å²) in [6.07, 6.45) is 7.75. The van der Waals surface area contributed by atoms with Crippen LogP contribution in [-0.2, 0) is 0 Å². The van der Waals surface area contributed by atoms with Crippen molar-refractivity contribution in [1.82, 2.24) is 5.32 Å². The van der Waals surface area contributed by atoms with E-state index in [-0.39, 0.29) is 6.03 Å². The molecule has 0 heterocycles. The monoisotopic (exact) mass is 230 g/mol. The molecule has 0 aliphatic rings. The van der Waals surface area contributed by atoms with Gasteiger partial charge in [-0.15, -0.1) is 12.3 Å². The highest BCUT2D eigenvalue weighted by atomic mass is 16.2. The zero-order chi connectivity index (χ0) is 12.5. The quantitative estimate of drug-likeness (QED) is 0.592. The molecule has 2 amide bonds. The van der Waals surface area contributed by atoms with Crippen molar-refractivity contribution in [3.05, 3.63) is 29.8 Å². The summed E-state index contributed by atoms with van der Waals surface area (Å²) in [4.78, 5) is 11.5. The Bertz CT molecular complexity index is 390. The van der Waals surface area contributed by atoms with Crippen molar-refractivity contribution in [2.24, 2.45) is 0 Å². The molecule has 0 saturated carbocycles. The van der Waals surface area contributed by atoms with Crippen LogP contribution in [0, 0.1) is 19.3 Å². The lowest BCUT2D eigenvalue weighted by Gasteiger charge is -2.07. The van der Waals surface area contributed by atoms with Crippen LogP contribution in [0.4, 0.5) is 10.5 Å². The van der Waals surface area contributed by atoms with Crippen LogP contribution < -0.4 is 10.6 Å². The molecule has 17 heavy (non-hydrogen) atoms. The average Bonchev–Trinajstić information content (AvgIpc) is 2.32. The first kappa shape index (κ1) is 13.1. The fourth-order valence-electron chi connectivity index (χ4n) is 1.37. The first-order chi connectivity index (χ1) is 8.22. The van der Waals surface area contributed by atoms with E-state index in [0.717, 1.165) is 24.9 Å². The number of anilines is 1. The summed E-state index contributed by atoms with van der Waals surface area (Å²) in [6, 6.07) is 7.51. The second-order valence-electron chi connectivity index (χ2n) is 3.91. The molecule has 0 unspecified atom stereocenters. The second-order valence-corrected chi connectivity index (χ2v) is 3.91. The zero-order valence-corrected chi connectivity index (χ0v) is 10.1. The average molecular weight is 230 g/mol. The highest BCUT2D eigenvalue weighted by molar-refractivity contribution is 5.89. The Hall–Kier alpha value is -1.95. The second kappa shape index (κ2) is 7.34. The van der Waals surface area contributed by atoms with Crippen molar-refractivity contribution in [2.45, 2.75) is 26.2 Å². The molecule has 3 heteroatoms. The lowest BCUT2D eigenvalue weighted by Crippen LogP contribution is -2.29. The Morgan fingerprint density at radius 2 is 2.00 bits per heavy atom. The minimum atomic E-state index is -0.172. The minimum absolute atomic E-state index is 0.172. The number of aryl methyl sites for hydroxylation is 1. The van der Waals surface area contributed by atoms with E-state index < -0.39 is 0 Å². The highest BCUT2D eigenvalue weighted by Crippen LogP contribution is 2.07. The summed E-state index contributed by atoms with van der Waals surface area (Å²) in [6.45, 7) is 2.66. The van der Waals surface area contributed by atoms with E-state index in [9.17, 15) is 4.79 Å². The lowest BCUT2D eigenvalue weighted by atomic mass is 10.2. The molecule has 90 valence electrons. The normalized spacial score (nSPS) is 9.41. The van der Waals surface area contributed by atoms with Gasteiger partial charge in [0, 0.05) is 18.7 Å². The number of carbonyl (C=O) groups is 1. The number of amides is 2.